The number of Topliss-reactive ketones (excluding diaryl/α,β-unsaturated/α-hetero) is 1. The van der Waals surface area contributed by atoms with Crippen LogP contribution in [0.2, 0.25) is 5.02 Å². The summed E-state index contributed by atoms with van der Waals surface area (Å²) in [4.78, 5) is 28.5. The minimum atomic E-state index is -0.581. The second kappa shape index (κ2) is 8.55. The molecule has 3 aromatic rings. The third kappa shape index (κ3) is 3.78. The van der Waals surface area contributed by atoms with Crippen molar-refractivity contribution < 1.29 is 14.0 Å². The van der Waals surface area contributed by atoms with Crippen molar-refractivity contribution in [1.29, 1.82) is 0 Å². The number of hydrogen-bond acceptors (Lipinski definition) is 4. The summed E-state index contributed by atoms with van der Waals surface area (Å²) in [6.45, 7) is 0.241. The molecule has 6 nitrogen and oxygen atoms in total. The average molecular weight is 448 g/mol. The van der Waals surface area contributed by atoms with E-state index in [0.717, 1.165) is 29.8 Å². The maximum absolute atomic E-state index is 13.6. The third-order valence-electron chi connectivity index (χ3n) is 5.84. The van der Waals surface area contributed by atoms with Crippen molar-refractivity contribution in [2.24, 2.45) is 0 Å². The van der Waals surface area contributed by atoms with Crippen LogP contribution in [0, 0.1) is 0 Å². The standard InChI is InChI=1S/C25H22ClN3O3/c26-17-12-10-16(11-13-17)24-23-20(7-3-9-22(23)30)28-19-6-1-2-8-21(19)29(24)25(31)27-15-18-5-4-14-32-18/h1-2,4-6,8,10-14,24,28H,3,7,9,15H2,(H,27,31). The number of hydrogen-bond donors (Lipinski definition) is 2. The van der Waals surface area contributed by atoms with Gasteiger partial charge in [-0.15, -0.1) is 0 Å². The number of anilines is 2. The summed E-state index contributed by atoms with van der Waals surface area (Å²) >= 11 is 6.14. The molecule has 1 aliphatic heterocycles. The second-order valence-electron chi connectivity index (χ2n) is 7.87. The zero-order chi connectivity index (χ0) is 22.1. The van der Waals surface area contributed by atoms with E-state index in [0.29, 0.717) is 28.5 Å². The predicted molar refractivity (Wildman–Crippen MR) is 124 cm³/mol. The molecule has 2 heterocycles. The summed E-state index contributed by atoms with van der Waals surface area (Å²) in [6, 6.07) is 17.6. The van der Waals surface area contributed by atoms with Crippen molar-refractivity contribution in [3.05, 3.63) is 94.5 Å². The van der Waals surface area contributed by atoms with E-state index in [1.54, 1.807) is 35.4 Å². The first kappa shape index (κ1) is 20.4. The van der Waals surface area contributed by atoms with Crippen molar-refractivity contribution in [3.8, 4) is 0 Å². The van der Waals surface area contributed by atoms with Gasteiger partial charge in [0.15, 0.2) is 5.78 Å². The molecule has 1 aliphatic carbocycles. The molecule has 1 atom stereocenters. The number of furan rings is 1. The first-order valence-electron chi connectivity index (χ1n) is 10.6. The maximum atomic E-state index is 13.6. The zero-order valence-electron chi connectivity index (χ0n) is 17.3. The van der Waals surface area contributed by atoms with Crippen LogP contribution in [0.4, 0.5) is 16.2 Å². The number of nitrogens with zero attached hydrogens (tertiary/aromatic N) is 1. The number of para-hydroxylation sites is 2. The molecule has 2 N–H and O–H groups in total. The maximum Gasteiger partial charge on any atom is 0.323 e. The SMILES string of the molecule is O=C1CCCC2=C1C(c1ccc(Cl)cc1)N(C(=O)NCc1ccco1)c1ccccc1N2. The predicted octanol–water partition coefficient (Wildman–Crippen LogP) is 5.82. The molecule has 7 heteroatoms. The van der Waals surface area contributed by atoms with E-state index in [-0.39, 0.29) is 18.4 Å². The Labute approximate surface area is 190 Å². The number of carbonyl (C=O) groups excluding carboxylic acids is 2. The van der Waals surface area contributed by atoms with E-state index < -0.39 is 6.04 Å². The summed E-state index contributed by atoms with van der Waals surface area (Å²) in [5.41, 5.74) is 3.81. The summed E-state index contributed by atoms with van der Waals surface area (Å²) < 4.78 is 5.37. The van der Waals surface area contributed by atoms with Crippen molar-refractivity contribution in [2.45, 2.75) is 31.8 Å². The van der Waals surface area contributed by atoms with Gasteiger partial charge in [-0.3, -0.25) is 9.69 Å². The zero-order valence-corrected chi connectivity index (χ0v) is 18.1. The van der Waals surface area contributed by atoms with Crippen LogP contribution in [0.5, 0.6) is 0 Å². The summed E-state index contributed by atoms with van der Waals surface area (Å²) in [5, 5.41) is 7.00. The van der Waals surface area contributed by atoms with Crippen LogP contribution in [0.3, 0.4) is 0 Å². The smallest absolute Gasteiger partial charge is 0.323 e. The summed E-state index contributed by atoms with van der Waals surface area (Å²) in [6.07, 6.45) is 3.57. The van der Waals surface area contributed by atoms with Gasteiger partial charge >= 0.3 is 6.03 Å². The Morgan fingerprint density at radius 1 is 1.09 bits per heavy atom. The molecule has 2 aromatic carbocycles. The molecule has 0 bridgehead atoms. The number of urea groups is 1. The Bertz CT molecular complexity index is 1190. The third-order valence-corrected chi connectivity index (χ3v) is 6.09. The van der Waals surface area contributed by atoms with Gasteiger partial charge < -0.3 is 15.1 Å². The Hall–Kier alpha value is -3.51. The molecule has 1 unspecified atom stereocenters. The van der Waals surface area contributed by atoms with Crippen LogP contribution in [0.15, 0.2) is 82.6 Å². The highest BCUT2D eigenvalue weighted by molar-refractivity contribution is 6.30. The lowest BCUT2D eigenvalue weighted by molar-refractivity contribution is -0.116. The molecule has 5 rings (SSSR count). The minimum Gasteiger partial charge on any atom is -0.467 e. The monoisotopic (exact) mass is 447 g/mol. The summed E-state index contributed by atoms with van der Waals surface area (Å²) in [5.74, 6) is 0.701. The molecule has 2 aliphatic rings. The molecular weight excluding hydrogens is 426 g/mol. The molecule has 0 saturated heterocycles. The number of halogens is 1. The lowest BCUT2D eigenvalue weighted by Gasteiger charge is -2.33. The Morgan fingerprint density at radius 3 is 2.69 bits per heavy atom. The number of carbonyl (C=O) groups is 2. The average Bonchev–Trinajstić information content (AvgIpc) is 3.27. The first-order chi connectivity index (χ1) is 15.6. The number of rotatable bonds is 3. The van der Waals surface area contributed by atoms with Crippen molar-refractivity contribution in [1.82, 2.24) is 5.32 Å². The molecule has 0 spiro atoms. The van der Waals surface area contributed by atoms with E-state index in [2.05, 4.69) is 10.6 Å². The van der Waals surface area contributed by atoms with Crippen LogP contribution in [-0.4, -0.2) is 11.8 Å². The Morgan fingerprint density at radius 2 is 1.91 bits per heavy atom. The molecule has 1 aromatic heterocycles. The highest BCUT2D eigenvalue weighted by atomic mass is 35.5. The van der Waals surface area contributed by atoms with Gasteiger partial charge in [-0.2, -0.15) is 0 Å². The van der Waals surface area contributed by atoms with Crippen molar-refractivity contribution >= 4 is 34.8 Å². The van der Waals surface area contributed by atoms with Gasteiger partial charge in [0.2, 0.25) is 0 Å². The molecular formula is C25H22ClN3O3. The van der Waals surface area contributed by atoms with Gasteiger partial charge in [0.05, 0.1) is 30.2 Å². The molecule has 32 heavy (non-hydrogen) atoms. The molecule has 0 saturated carbocycles. The van der Waals surface area contributed by atoms with Crippen LogP contribution in [-0.2, 0) is 11.3 Å². The Balaban J connectivity index is 1.65. The van der Waals surface area contributed by atoms with Crippen LogP contribution in [0.1, 0.15) is 36.6 Å². The fourth-order valence-electron chi connectivity index (χ4n) is 4.38. The number of benzene rings is 2. The van der Waals surface area contributed by atoms with E-state index in [1.807, 2.05) is 36.4 Å². The topological polar surface area (TPSA) is 74.6 Å². The lowest BCUT2D eigenvalue weighted by Crippen LogP contribution is -2.43. The van der Waals surface area contributed by atoms with Gasteiger partial charge in [0.25, 0.3) is 0 Å². The van der Waals surface area contributed by atoms with E-state index in [4.69, 9.17) is 16.0 Å². The van der Waals surface area contributed by atoms with Crippen LogP contribution in [0.25, 0.3) is 0 Å². The minimum absolute atomic E-state index is 0.0512. The fourth-order valence-corrected chi connectivity index (χ4v) is 4.51. The normalized spacial score (nSPS) is 17.8. The quantitative estimate of drug-likeness (QED) is 0.530. The van der Waals surface area contributed by atoms with Crippen molar-refractivity contribution in [3.63, 3.8) is 0 Å². The lowest BCUT2D eigenvalue weighted by atomic mass is 9.86. The number of allylic oxidation sites excluding steroid dienone is 1. The van der Waals surface area contributed by atoms with E-state index in [1.165, 1.54) is 0 Å². The second-order valence-corrected chi connectivity index (χ2v) is 8.31. The van der Waals surface area contributed by atoms with E-state index >= 15 is 0 Å². The van der Waals surface area contributed by atoms with Crippen LogP contribution >= 0.6 is 11.6 Å². The highest BCUT2D eigenvalue weighted by Crippen LogP contribution is 2.44. The molecule has 162 valence electrons. The van der Waals surface area contributed by atoms with Gasteiger partial charge in [0.1, 0.15) is 5.76 Å². The molecule has 0 radical (unpaired) electrons. The number of amides is 2. The number of nitrogens with one attached hydrogen (secondary N) is 2. The van der Waals surface area contributed by atoms with Gasteiger partial charge in [-0.1, -0.05) is 35.9 Å². The first-order valence-corrected chi connectivity index (χ1v) is 11.0. The van der Waals surface area contributed by atoms with Crippen molar-refractivity contribution in [2.75, 3.05) is 10.2 Å². The largest absolute Gasteiger partial charge is 0.467 e. The van der Waals surface area contributed by atoms with E-state index in [9.17, 15) is 9.59 Å². The van der Waals surface area contributed by atoms with Gasteiger partial charge in [-0.25, -0.2) is 4.79 Å². The number of ketones is 1. The van der Waals surface area contributed by atoms with Gasteiger partial charge in [-0.05, 0) is 54.8 Å². The molecule has 2 amide bonds. The fraction of sp³-hybridized carbons (Fsp3) is 0.200. The Kier molecular flexibility index (Phi) is 5.45. The highest BCUT2D eigenvalue weighted by Gasteiger charge is 2.39. The number of fused-ring (bicyclic) bond motifs is 1. The summed E-state index contributed by atoms with van der Waals surface area (Å²) in [7, 11) is 0. The van der Waals surface area contributed by atoms with Crippen LogP contribution < -0.4 is 15.5 Å². The van der Waals surface area contributed by atoms with Gasteiger partial charge in [0, 0.05) is 22.7 Å². The molecule has 0 fully saturated rings.